The van der Waals surface area contributed by atoms with Crippen LogP contribution in [0.4, 0.5) is 0 Å². The lowest BCUT2D eigenvalue weighted by Gasteiger charge is -2.22. The van der Waals surface area contributed by atoms with Crippen molar-refractivity contribution in [2.24, 2.45) is 5.73 Å². The number of benzene rings is 2. The molecule has 6 nitrogen and oxygen atoms in total. The molecular formula is C20H22N2O4. The van der Waals surface area contributed by atoms with E-state index >= 15 is 0 Å². The highest BCUT2D eigenvalue weighted by atomic mass is 16.4. The Hall–Kier alpha value is -3.15. The van der Waals surface area contributed by atoms with Crippen molar-refractivity contribution < 1.29 is 19.5 Å². The quantitative estimate of drug-likeness (QED) is 0.721. The molecule has 0 fully saturated rings. The van der Waals surface area contributed by atoms with Gasteiger partial charge in [0.25, 0.3) is 0 Å². The molecule has 0 aliphatic heterocycles. The lowest BCUT2D eigenvalue weighted by molar-refractivity contribution is -0.132. The van der Waals surface area contributed by atoms with Gasteiger partial charge in [0.2, 0.25) is 11.8 Å². The molecule has 0 spiro atoms. The van der Waals surface area contributed by atoms with E-state index in [4.69, 9.17) is 10.8 Å². The third kappa shape index (κ3) is 6.05. The Kier molecular flexibility index (Phi) is 6.91. The molecule has 2 rings (SSSR count). The molecule has 2 aromatic carbocycles. The van der Waals surface area contributed by atoms with Crippen molar-refractivity contribution in [3.8, 4) is 0 Å². The summed E-state index contributed by atoms with van der Waals surface area (Å²) in [6.45, 7) is 0.700. The Morgan fingerprint density at radius 2 is 1.54 bits per heavy atom. The zero-order valence-electron chi connectivity index (χ0n) is 14.4. The van der Waals surface area contributed by atoms with E-state index in [-0.39, 0.29) is 30.9 Å². The maximum Gasteiger partial charge on any atom is 0.335 e. The second-order valence-electron chi connectivity index (χ2n) is 6.02. The molecule has 0 aliphatic carbocycles. The molecule has 0 bridgehead atoms. The lowest BCUT2D eigenvalue weighted by atomic mass is 10.1. The molecule has 0 saturated carbocycles. The fraction of sp³-hybridized carbons (Fsp3) is 0.250. The number of carboxylic acid groups (broad SMARTS) is 1. The number of rotatable bonds is 9. The Labute approximate surface area is 152 Å². The van der Waals surface area contributed by atoms with Crippen LogP contribution >= 0.6 is 0 Å². The van der Waals surface area contributed by atoms with Crippen LogP contribution in [0.5, 0.6) is 0 Å². The van der Waals surface area contributed by atoms with Crippen LogP contribution in [-0.2, 0) is 22.6 Å². The molecule has 3 N–H and O–H groups in total. The summed E-state index contributed by atoms with van der Waals surface area (Å²) in [7, 11) is 0. The minimum absolute atomic E-state index is 0.0718. The van der Waals surface area contributed by atoms with Crippen molar-refractivity contribution in [1.29, 1.82) is 0 Å². The van der Waals surface area contributed by atoms with E-state index in [0.29, 0.717) is 13.0 Å². The third-order valence-electron chi connectivity index (χ3n) is 4.03. The first kappa shape index (κ1) is 19.2. The van der Waals surface area contributed by atoms with Gasteiger partial charge in [0.1, 0.15) is 0 Å². The molecule has 0 saturated heterocycles. The van der Waals surface area contributed by atoms with Gasteiger partial charge in [-0.05, 0) is 29.7 Å². The number of aryl methyl sites for hydroxylation is 1. The van der Waals surface area contributed by atoms with Crippen molar-refractivity contribution in [2.45, 2.75) is 25.8 Å². The normalized spacial score (nSPS) is 10.3. The van der Waals surface area contributed by atoms with Gasteiger partial charge in [0.05, 0.1) is 5.56 Å². The zero-order valence-corrected chi connectivity index (χ0v) is 14.4. The SMILES string of the molecule is NC(=O)CCN(Cc1ccccc1)C(=O)CCc1ccc(C(=O)O)cc1. The van der Waals surface area contributed by atoms with Gasteiger partial charge in [-0.3, -0.25) is 9.59 Å². The van der Waals surface area contributed by atoms with Gasteiger partial charge in [-0.2, -0.15) is 0 Å². The largest absolute Gasteiger partial charge is 0.478 e. The van der Waals surface area contributed by atoms with Gasteiger partial charge in [-0.1, -0.05) is 42.5 Å². The molecule has 136 valence electrons. The molecule has 6 heteroatoms. The fourth-order valence-corrected chi connectivity index (χ4v) is 2.56. The molecule has 0 atom stereocenters. The Morgan fingerprint density at radius 3 is 2.12 bits per heavy atom. The Morgan fingerprint density at radius 1 is 0.885 bits per heavy atom. The van der Waals surface area contributed by atoms with Crippen molar-refractivity contribution >= 4 is 17.8 Å². The number of carbonyl (C=O) groups excluding carboxylic acids is 2. The number of carbonyl (C=O) groups is 3. The van der Waals surface area contributed by atoms with E-state index in [1.807, 2.05) is 30.3 Å². The van der Waals surface area contributed by atoms with Crippen LogP contribution in [0.3, 0.4) is 0 Å². The highest BCUT2D eigenvalue weighted by Gasteiger charge is 2.15. The van der Waals surface area contributed by atoms with Gasteiger partial charge in [-0.25, -0.2) is 4.79 Å². The molecule has 0 heterocycles. The average Bonchev–Trinajstić information content (AvgIpc) is 2.64. The molecule has 0 aliphatic rings. The summed E-state index contributed by atoms with van der Waals surface area (Å²) in [5, 5.41) is 8.91. The summed E-state index contributed by atoms with van der Waals surface area (Å²) in [6, 6.07) is 16.0. The number of nitrogens with zero attached hydrogens (tertiary/aromatic N) is 1. The van der Waals surface area contributed by atoms with Crippen LogP contribution in [0.25, 0.3) is 0 Å². The van der Waals surface area contributed by atoms with E-state index in [2.05, 4.69) is 0 Å². The van der Waals surface area contributed by atoms with Gasteiger partial charge in [0, 0.05) is 25.9 Å². The summed E-state index contributed by atoms with van der Waals surface area (Å²) >= 11 is 0. The van der Waals surface area contributed by atoms with Crippen LogP contribution in [0, 0.1) is 0 Å². The number of hydrogen-bond donors (Lipinski definition) is 2. The third-order valence-corrected chi connectivity index (χ3v) is 4.03. The van der Waals surface area contributed by atoms with Crippen LogP contribution in [0.2, 0.25) is 0 Å². The molecule has 2 amide bonds. The topological polar surface area (TPSA) is 101 Å². The van der Waals surface area contributed by atoms with Crippen LogP contribution in [-0.4, -0.2) is 34.3 Å². The van der Waals surface area contributed by atoms with E-state index in [9.17, 15) is 14.4 Å². The number of amides is 2. The molecule has 26 heavy (non-hydrogen) atoms. The number of aromatic carboxylic acids is 1. The first-order valence-electron chi connectivity index (χ1n) is 8.38. The summed E-state index contributed by atoms with van der Waals surface area (Å²) in [5.74, 6) is -1.49. The van der Waals surface area contributed by atoms with Crippen LogP contribution < -0.4 is 5.73 Å². The predicted molar refractivity (Wildman–Crippen MR) is 97.4 cm³/mol. The van der Waals surface area contributed by atoms with Crippen LogP contribution in [0.1, 0.15) is 34.3 Å². The first-order valence-corrected chi connectivity index (χ1v) is 8.38. The Balaban J connectivity index is 1.98. The molecular weight excluding hydrogens is 332 g/mol. The predicted octanol–water partition coefficient (Wildman–Crippen LogP) is 2.22. The van der Waals surface area contributed by atoms with Crippen LogP contribution in [0.15, 0.2) is 54.6 Å². The van der Waals surface area contributed by atoms with Crippen molar-refractivity contribution in [2.75, 3.05) is 6.54 Å². The van der Waals surface area contributed by atoms with E-state index < -0.39 is 11.9 Å². The second kappa shape index (κ2) is 9.36. The number of hydrogen-bond acceptors (Lipinski definition) is 3. The smallest absolute Gasteiger partial charge is 0.335 e. The van der Waals surface area contributed by atoms with Gasteiger partial charge < -0.3 is 15.7 Å². The lowest BCUT2D eigenvalue weighted by Crippen LogP contribution is -2.33. The van der Waals surface area contributed by atoms with E-state index in [1.165, 1.54) is 12.1 Å². The molecule has 0 radical (unpaired) electrons. The fourth-order valence-electron chi connectivity index (χ4n) is 2.56. The minimum atomic E-state index is -0.979. The second-order valence-corrected chi connectivity index (χ2v) is 6.02. The summed E-state index contributed by atoms with van der Waals surface area (Å²) in [5.41, 5.74) is 7.30. The molecule has 0 aromatic heterocycles. The molecule has 2 aromatic rings. The molecule has 0 unspecified atom stereocenters. The maximum atomic E-state index is 12.6. The number of carboxylic acids is 1. The number of primary amides is 1. The summed E-state index contributed by atoms with van der Waals surface area (Å²) in [6.07, 6.45) is 0.893. The highest BCUT2D eigenvalue weighted by Crippen LogP contribution is 2.11. The Bertz CT molecular complexity index is 757. The van der Waals surface area contributed by atoms with Crippen molar-refractivity contribution in [3.63, 3.8) is 0 Å². The monoisotopic (exact) mass is 354 g/mol. The maximum absolute atomic E-state index is 12.6. The zero-order chi connectivity index (χ0) is 18.9. The summed E-state index contributed by atoms with van der Waals surface area (Å²) < 4.78 is 0. The van der Waals surface area contributed by atoms with Gasteiger partial charge in [-0.15, -0.1) is 0 Å². The van der Waals surface area contributed by atoms with Gasteiger partial charge in [0.15, 0.2) is 0 Å². The minimum Gasteiger partial charge on any atom is -0.478 e. The standard InChI is InChI=1S/C20H22N2O4/c21-18(23)12-13-22(14-16-4-2-1-3-5-16)19(24)11-8-15-6-9-17(10-7-15)20(25)26/h1-7,9-10H,8,11-14H2,(H2,21,23)(H,25,26). The average molecular weight is 354 g/mol. The summed E-state index contributed by atoms with van der Waals surface area (Å²) in [4.78, 5) is 36.2. The van der Waals surface area contributed by atoms with E-state index in [1.54, 1.807) is 17.0 Å². The van der Waals surface area contributed by atoms with Gasteiger partial charge >= 0.3 is 5.97 Å². The first-order chi connectivity index (χ1) is 12.5. The van der Waals surface area contributed by atoms with E-state index in [0.717, 1.165) is 11.1 Å². The van der Waals surface area contributed by atoms with Crippen molar-refractivity contribution in [3.05, 3.63) is 71.3 Å². The highest BCUT2D eigenvalue weighted by molar-refractivity contribution is 5.87. The van der Waals surface area contributed by atoms with Crippen molar-refractivity contribution in [1.82, 2.24) is 4.90 Å². The number of nitrogens with two attached hydrogens (primary N) is 1.